The lowest BCUT2D eigenvalue weighted by Gasteiger charge is -2.33. The maximum absolute atomic E-state index is 11.4. The highest BCUT2D eigenvalue weighted by atomic mass is 32.2. The van der Waals surface area contributed by atoms with E-state index < -0.39 is 10.0 Å². The van der Waals surface area contributed by atoms with Crippen LogP contribution < -0.4 is 9.62 Å². The van der Waals surface area contributed by atoms with Crippen molar-refractivity contribution in [3.63, 3.8) is 0 Å². The van der Waals surface area contributed by atoms with Crippen molar-refractivity contribution in [1.82, 2.24) is 9.71 Å². The molecule has 0 amide bonds. The Balaban J connectivity index is 1.80. The summed E-state index contributed by atoms with van der Waals surface area (Å²) in [6, 6.07) is 4.03. The highest BCUT2D eigenvalue weighted by Crippen LogP contribution is 2.22. The molecule has 0 aromatic carbocycles. The van der Waals surface area contributed by atoms with Gasteiger partial charge in [0.2, 0.25) is 10.0 Å². The summed E-state index contributed by atoms with van der Waals surface area (Å²) in [5.74, 6) is 0.600. The molecule has 6 heteroatoms. The number of nitrogens with one attached hydrogen (secondary N) is 1. The van der Waals surface area contributed by atoms with E-state index in [1.165, 1.54) is 5.69 Å². The average molecular weight is 283 g/mol. The first-order chi connectivity index (χ1) is 9.11. The summed E-state index contributed by atoms with van der Waals surface area (Å²) in [6.45, 7) is 4.18. The summed E-state index contributed by atoms with van der Waals surface area (Å²) >= 11 is 0. The quantitative estimate of drug-likeness (QED) is 0.883. The highest BCUT2D eigenvalue weighted by Gasteiger charge is 2.20. The number of nitrogens with zero attached hydrogens (tertiary/aromatic N) is 2. The van der Waals surface area contributed by atoms with E-state index in [1.807, 2.05) is 12.1 Å². The van der Waals surface area contributed by atoms with Crippen molar-refractivity contribution < 1.29 is 8.42 Å². The van der Waals surface area contributed by atoms with Crippen molar-refractivity contribution in [2.75, 3.05) is 30.3 Å². The molecular formula is C13H21N3O2S. The summed E-state index contributed by atoms with van der Waals surface area (Å²) < 4.78 is 25.5. The van der Waals surface area contributed by atoms with Crippen LogP contribution in [-0.2, 0) is 10.0 Å². The summed E-state index contributed by atoms with van der Waals surface area (Å²) in [5, 5.41) is 0. The van der Waals surface area contributed by atoms with Gasteiger partial charge in [0.05, 0.1) is 5.75 Å². The van der Waals surface area contributed by atoms with E-state index in [-0.39, 0.29) is 5.75 Å². The van der Waals surface area contributed by atoms with Crippen molar-refractivity contribution in [2.24, 2.45) is 5.92 Å². The van der Waals surface area contributed by atoms with Gasteiger partial charge in [-0.25, -0.2) is 13.1 Å². The zero-order valence-corrected chi connectivity index (χ0v) is 12.1. The number of sulfonamides is 1. The van der Waals surface area contributed by atoms with Crippen LogP contribution in [0.4, 0.5) is 5.69 Å². The van der Waals surface area contributed by atoms with Gasteiger partial charge in [-0.05, 0) is 37.8 Å². The number of hydrogen-bond acceptors (Lipinski definition) is 4. The Kier molecular flexibility index (Phi) is 4.76. The normalized spacial score (nSPS) is 17.6. The van der Waals surface area contributed by atoms with Crippen LogP contribution in [0.5, 0.6) is 0 Å². The van der Waals surface area contributed by atoms with Crippen LogP contribution in [0.2, 0.25) is 0 Å². The third-order valence-corrected chi connectivity index (χ3v) is 4.98. The lowest BCUT2D eigenvalue weighted by atomic mass is 9.97. The van der Waals surface area contributed by atoms with Gasteiger partial charge >= 0.3 is 0 Å². The van der Waals surface area contributed by atoms with Crippen LogP contribution in [0.3, 0.4) is 0 Å². The third kappa shape index (κ3) is 4.18. The van der Waals surface area contributed by atoms with Gasteiger partial charge in [0, 0.05) is 37.7 Å². The van der Waals surface area contributed by atoms with Gasteiger partial charge in [-0.2, -0.15) is 0 Å². The van der Waals surface area contributed by atoms with Crippen LogP contribution in [0.25, 0.3) is 0 Å². The number of anilines is 1. The zero-order valence-electron chi connectivity index (χ0n) is 11.2. The molecule has 0 spiro atoms. The predicted octanol–water partition coefficient (Wildman–Crippen LogP) is 1.24. The monoisotopic (exact) mass is 283 g/mol. The molecule has 1 aliphatic rings. The van der Waals surface area contributed by atoms with E-state index in [0.717, 1.165) is 25.9 Å². The van der Waals surface area contributed by atoms with Gasteiger partial charge in [0.1, 0.15) is 0 Å². The van der Waals surface area contributed by atoms with Crippen molar-refractivity contribution in [1.29, 1.82) is 0 Å². The summed E-state index contributed by atoms with van der Waals surface area (Å²) in [7, 11) is -3.06. The number of piperidine rings is 1. The first kappa shape index (κ1) is 14.3. The van der Waals surface area contributed by atoms with E-state index in [0.29, 0.717) is 12.5 Å². The Labute approximate surface area is 115 Å². The van der Waals surface area contributed by atoms with Crippen molar-refractivity contribution in [3.05, 3.63) is 24.5 Å². The van der Waals surface area contributed by atoms with E-state index in [4.69, 9.17) is 0 Å². The second-order valence-electron chi connectivity index (χ2n) is 4.89. The smallest absolute Gasteiger partial charge is 0.211 e. The number of aromatic nitrogens is 1. The molecule has 1 aromatic rings. The molecule has 1 aromatic heterocycles. The molecule has 0 atom stereocenters. The minimum Gasteiger partial charge on any atom is -0.371 e. The second kappa shape index (κ2) is 6.34. The Morgan fingerprint density at radius 3 is 2.53 bits per heavy atom. The van der Waals surface area contributed by atoms with Crippen LogP contribution >= 0.6 is 0 Å². The standard InChI is InChI=1S/C13H21N3O2S/c1-2-19(17,18)15-11-12-5-9-16(10-6-12)13-3-7-14-8-4-13/h3-4,7-8,12,15H,2,5-6,9-11H2,1H3. The Bertz CT molecular complexity index is 482. The maximum atomic E-state index is 11.4. The molecular weight excluding hydrogens is 262 g/mol. The largest absolute Gasteiger partial charge is 0.371 e. The van der Waals surface area contributed by atoms with Gasteiger partial charge in [0.15, 0.2) is 0 Å². The maximum Gasteiger partial charge on any atom is 0.211 e. The van der Waals surface area contributed by atoms with Gasteiger partial charge < -0.3 is 4.90 Å². The summed E-state index contributed by atoms with van der Waals surface area (Å²) in [4.78, 5) is 6.34. The van der Waals surface area contributed by atoms with Crippen LogP contribution in [0.15, 0.2) is 24.5 Å². The molecule has 0 unspecified atom stereocenters. The molecule has 1 saturated heterocycles. The lowest BCUT2D eigenvalue weighted by molar-refractivity contribution is 0.402. The van der Waals surface area contributed by atoms with E-state index in [1.54, 1.807) is 19.3 Å². The van der Waals surface area contributed by atoms with E-state index >= 15 is 0 Å². The van der Waals surface area contributed by atoms with Gasteiger partial charge in [-0.3, -0.25) is 4.98 Å². The zero-order chi connectivity index (χ0) is 13.7. The first-order valence-corrected chi connectivity index (χ1v) is 8.38. The SMILES string of the molecule is CCS(=O)(=O)NCC1CCN(c2ccncc2)CC1. The van der Waals surface area contributed by atoms with Crippen molar-refractivity contribution >= 4 is 15.7 Å². The fourth-order valence-corrected chi connectivity index (χ4v) is 2.99. The average Bonchev–Trinajstić information content (AvgIpc) is 2.47. The molecule has 0 bridgehead atoms. The van der Waals surface area contributed by atoms with Gasteiger partial charge in [-0.15, -0.1) is 0 Å². The van der Waals surface area contributed by atoms with E-state index in [9.17, 15) is 8.42 Å². The van der Waals surface area contributed by atoms with Crippen LogP contribution in [-0.4, -0.2) is 38.8 Å². The predicted molar refractivity (Wildman–Crippen MR) is 76.6 cm³/mol. The first-order valence-electron chi connectivity index (χ1n) is 6.73. The number of pyridine rings is 1. The molecule has 1 N–H and O–H groups in total. The van der Waals surface area contributed by atoms with Gasteiger partial charge in [0.25, 0.3) is 0 Å². The topological polar surface area (TPSA) is 62.3 Å². The molecule has 2 rings (SSSR count). The molecule has 19 heavy (non-hydrogen) atoms. The molecule has 0 aliphatic carbocycles. The minimum atomic E-state index is -3.06. The van der Waals surface area contributed by atoms with E-state index in [2.05, 4.69) is 14.6 Å². The summed E-state index contributed by atoms with van der Waals surface area (Å²) in [6.07, 6.45) is 5.65. The Hall–Kier alpha value is -1.14. The second-order valence-corrected chi connectivity index (χ2v) is 6.98. The van der Waals surface area contributed by atoms with Crippen LogP contribution in [0.1, 0.15) is 19.8 Å². The van der Waals surface area contributed by atoms with Crippen LogP contribution in [0, 0.1) is 5.92 Å². The molecule has 1 fully saturated rings. The molecule has 0 saturated carbocycles. The minimum absolute atomic E-state index is 0.156. The third-order valence-electron chi connectivity index (χ3n) is 3.61. The molecule has 0 radical (unpaired) electrons. The Morgan fingerprint density at radius 2 is 1.95 bits per heavy atom. The fourth-order valence-electron chi connectivity index (χ4n) is 2.30. The van der Waals surface area contributed by atoms with Crippen molar-refractivity contribution in [3.8, 4) is 0 Å². The van der Waals surface area contributed by atoms with Gasteiger partial charge in [-0.1, -0.05) is 0 Å². The molecule has 2 heterocycles. The number of hydrogen-bond donors (Lipinski definition) is 1. The molecule has 1 aliphatic heterocycles. The summed E-state index contributed by atoms with van der Waals surface area (Å²) in [5.41, 5.74) is 1.20. The molecule has 5 nitrogen and oxygen atoms in total. The Morgan fingerprint density at radius 1 is 1.32 bits per heavy atom. The highest BCUT2D eigenvalue weighted by molar-refractivity contribution is 7.89. The lowest BCUT2D eigenvalue weighted by Crippen LogP contribution is -2.39. The fraction of sp³-hybridized carbons (Fsp3) is 0.615. The molecule has 106 valence electrons. The number of rotatable bonds is 5. The van der Waals surface area contributed by atoms with Crippen molar-refractivity contribution in [2.45, 2.75) is 19.8 Å².